The van der Waals surface area contributed by atoms with Gasteiger partial charge in [-0.15, -0.1) is 0 Å². The number of carbonyl (C=O) groups is 1. The summed E-state index contributed by atoms with van der Waals surface area (Å²) in [5, 5.41) is 17.1. The molecule has 0 saturated carbocycles. The van der Waals surface area contributed by atoms with Gasteiger partial charge in [-0.3, -0.25) is 14.4 Å². The molecule has 166 valence electrons. The van der Waals surface area contributed by atoms with Crippen molar-refractivity contribution in [2.24, 2.45) is 0 Å². The molecular weight excluding hydrogens is 415 g/mol. The van der Waals surface area contributed by atoms with E-state index >= 15 is 0 Å². The Morgan fingerprint density at radius 2 is 2.09 bits per heavy atom. The van der Waals surface area contributed by atoms with Crippen LogP contribution in [-0.4, -0.2) is 51.7 Å². The van der Waals surface area contributed by atoms with Crippen molar-refractivity contribution in [1.29, 1.82) is 0 Å². The SMILES string of the molecule is O=C(Nc1cnn([C@H]2C[C@@H](CO)N(Cc3ccc4c(c3)OCO4)C2)c1)c1cccc(F)c1. The van der Waals surface area contributed by atoms with Gasteiger partial charge in [0, 0.05) is 30.9 Å². The molecule has 3 heterocycles. The number of carbonyl (C=O) groups excluding carboxylic acids is 1. The predicted molar refractivity (Wildman–Crippen MR) is 114 cm³/mol. The summed E-state index contributed by atoms with van der Waals surface area (Å²) >= 11 is 0. The van der Waals surface area contributed by atoms with Gasteiger partial charge in [0.1, 0.15) is 5.82 Å². The molecule has 2 N–H and O–H groups in total. The highest BCUT2D eigenvalue weighted by atomic mass is 19.1. The number of benzene rings is 2. The molecule has 0 aliphatic carbocycles. The summed E-state index contributed by atoms with van der Waals surface area (Å²) in [6, 6.07) is 11.5. The maximum atomic E-state index is 13.4. The molecule has 8 nitrogen and oxygen atoms in total. The number of likely N-dealkylation sites (tertiary alicyclic amines) is 1. The van der Waals surface area contributed by atoms with Crippen LogP contribution in [0.3, 0.4) is 0 Å². The molecule has 5 rings (SSSR count). The van der Waals surface area contributed by atoms with Crippen molar-refractivity contribution in [2.45, 2.75) is 25.0 Å². The lowest BCUT2D eigenvalue weighted by Gasteiger charge is -2.22. The number of hydrogen-bond donors (Lipinski definition) is 2. The maximum Gasteiger partial charge on any atom is 0.255 e. The smallest absolute Gasteiger partial charge is 0.255 e. The predicted octanol–water partition coefficient (Wildman–Crippen LogP) is 2.81. The number of nitrogens with zero attached hydrogens (tertiary/aromatic N) is 3. The van der Waals surface area contributed by atoms with Crippen molar-refractivity contribution in [3.63, 3.8) is 0 Å². The summed E-state index contributed by atoms with van der Waals surface area (Å²) in [6.07, 6.45) is 4.08. The van der Waals surface area contributed by atoms with Gasteiger partial charge in [-0.25, -0.2) is 4.39 Å². The van der Waals surface area contributed by atoms with Crippen LogP contribution >= 0.6 is 0 Å². The van der Waals surface area contributed by atoms with E-state index in [1.165, 1.54) is 18.2 Å². The quantitative estimate of drug-likeness (QED) is 0.615. The summed E-state index contributed by atoms with van der Waals surface area (Å²) in [7, 11) is 0. The Morgan fingerprint density at radius 3 is 2.94 bits per heavy atom. The normalized spacial score (nSPS) is 19.9. The first kappa shape index (κ1) is 20.5. The number of halogens is 1. The van der Waals surface area contributed by atoms with Crippen LogP contribution < -0.4 is 14.8 Å². The fourth-order valence-corrected chi connectivity index (χ4v) is 4.24. The number of rotatable bonds is 6. The van der Waals surface area contributed by atoms with E-state index < -0.39 is 11.7 Å². The van der Waals surface area contributed by atoms with Gasteiger partial charge >= 0.3 is 0 Å². The van der Waals surface area contributed by atoms with Crippen molar-refractivity contribution < 1.29 is 23.8 Å². The minimum atomic E-state index is -0.461. The second-order valence-electron chi connectivity index (χ2n) is 8.02. The van der Waals surface area contributed by atoms with Gasteiger partial charge in [0.25, 0.3) is 5.91 Å². The van der Waals surface area contributed by atoms with Crippen LogP contribution in [-0.2, 0) is 6.54 Å². The van der Waals surface area contributed by atoms with E-state index in [1.54, 1.807) is 18.5 Å². The van der Waals surface area contributed by atoms with Gasteiger partial charge in [0.05, 0.1) is 24.5 Å². The third-order valence-corrected chi connectivity index (χ3v) is 5.86. The fraction of sp³-hybridized carbons (Fsp3) is 0.304. The lowest BCUT2D eigenvalue weighted by molar-refractivity contribution is 0.102. The molecule has 1 saturated heterocycles. The Kier molecular flexibility index (Phi) is 5.50. The fourth-order valence-electron chi connectivity index (χ4n) is 4.24. The maximum absolute atomic E-state index is 13.4. The molecule has 2 aliphatic rings. The van der Waals surface area contributed by atoms with Gasteiger partial charge in [0.2, 0.25) is 6.79 Å². The Labute approximate surface area is 184 Å². The topological polar surface area (TPSA) is 88.9 Å². The second-order valence-corrected chi connectivity index (χ2v) is 8.02. The zero-order valence-electron chi connectivity index (χ0n) is 17.3. The summed E-state index contributed by atoms with van der Waals surface area (Å²) < 4.78 is 26.0. The largest absolute Gasteiger partial charge is 0.454 e. The third kappa shape index (κ3) is 4.17. The second kappa shape index (κ2) is 8.60. The Balaban J connectivity index is 1.25. The van der Waals surface area contributed by atoms with Gasteiger partial charge < -0.3 is 19.9 Å². The lowest BCUT2D eigenvalue weighted by Crippen LogP contribution is -2.31. The minimum Gasteiger partial charge on any atom is -0.454 e. The molecule has 1 fully saturated rings. The van der Waals surface area contributed by atoms with Crippen molar-refractivity contribution in [3.05, 3.63) is 71.8 Å². The van der Waals surface area contributed by atoms with E-state index in [1.807, 2.05) is 22.9 Å². The highest BCUT2D eigenvalue weighted by Gasteiger charge is 2.33. The molecular formula is C23H23FN4O4. The summed E-state index contributed by atoms with van der Waals surface area (Å²) in [6.45, 7) is 1.66. The number of fused-ring (bicyclic) bond motifs is 1. The van der Waals surface area contributed by atoms with E-state index in [4.69, 9.17) is 9.47 Å². The summed E-state index contributed by atoms with van der Waals surface area (Å²) in [5.74, 6) is 0.630. The first-order valence-electron chi connectivity index (χ1n) is 10.4. The molecule has 1 amide bonds. The Morgan fingerprint density at radius 1 is 1.22 bits per heavy atom. The molecule has 3 aromatic rings. The van der Waals surface area contributed by atoms with Gasteiger partial charge in [0.15, 0.2) is 11.5 Å². The van der Waals surface area contributed by atoms with E-state index in [9.17, 15) is 14.3 Å². The van der Waals surface area contributed by atoms with Crippen molar-refractivity contribution in [1.82, 2.24) is 14.7 Å². The standard InChI is InChI=1S/C23H23FN4O4/c24-17-3-1-2-16(7-17)23(30)26-18-9-25-28(11-18)19-8-20(13-29)27(12-19)10-15-4-5-21-22(6-15)32-14-31-21/h1-7,9,11,19-20,29H,8,10,12-14H2,(H,26,30)/t19-,20-/m0/s1. The van der Waals surface area contributed by atoms with E-state index in [0.29, 0.717) is 18.8 Å². The first-order chi connectivity index (χ1) is 15.6. The van der Waals surface area contributed by atoms with E-state index in [-0.39, 0.29) is 31.0 Å². The van der Waals surface area contributed by atoms with Gasteiger partial charge in [-0.2, -0.15) is 5.10 Å². The number of amides is 1. The monoisotopic (exact) mass is 438 g/mol. The van der Waals surface area contributed by atoms with Crippen molar-refractivity contribution >= 4 is 11.6 Å². The summed E-state index contributed by atoms with van der Waals surface area (Å²) in [4.78, 5) is 14.6. The van der Waals surface area contributed by atoms with Crippen LogP contribution in [0.2, 0.25) is 0 Å². The number of anilines is 1. The molecule has 1 aromatic heterocycles. The summed E-state index contributed by atoms with van der Waals surface area (Å²) in [5.41, 5.74) is 1.86. The number of aromatic nitrogens is 2. The van der Waals surface area contributed by atoms with Crippen LogP contribution in [0.1, 0.15) is 28.4 Å². The number of ether oxygens (including phenoxy) is 2. The van der Waals surface area contributed by atoms with Gasteiger partial charge in [-0.1, -0.05) is 12.1 Å². The Bertz CT molecular complexity index is 1130. The number of hydrogen-bond acceptors (Lipinski definition) is 6. The zero-order chi connectivity index (χ0) is 22.1. The minimum absolute atomic E-state index is 0.0000388. The molecule has 0 unspecified atom stereocenters. The third-order valence-electron chi connectivity index (χ3n) is 5.86. The van der Waals surface area contributed by atoms with Crippen molar-refractivity contribution in [2.75, 3.05) is 25.3 Å². The van der Waals surface area contributed by atoms with Crippen LogP contribution in [0, 0.1) is 5.82 Å². The molecule has 0 bridgehead atoms. The number of aliphatic hydroxyl groups is 1. The number of nitrogens with one attached hydrogen (secondary N) is 1. The van der Waals surface area contributed by atoms with Crippen LogP contribution in [0.15, 0.2) is 54.9 Å². The molecule has 2 aromatic carbocycles. The number of aliphatic hydroxyl groups excluding tert-OH is 1. The zero-order valence-corrected chi connectivity index (χ0v) is 17.3. The van der Waals surface area contributed by atoms with Crippen LogP contribution in [0.4, 0.5) is 10.1 Å². The molecule has 2 aliphatic heterocycles. The van der Waals surface area contributed by atoms with Crippen molar-refractivity contribution in [3.8, 4) is 11.5 Å². The van der Waals surface area contributed by atoms with E-state index in [0.717, 1.165) is 23.5 Å². The van der Waals surface area contributed by atoms with Gasteiger partial charge in [-0.05, 0) is 42.3 Å². The van der Waals surface area contributed by atoms with Crippen LogP contribution in [0.5, 0.6) is 11.5 Å². The molecule has 0 spiro atoms. The average molecular weight is 438 g/mol. The average Bonchev–Trinajstić information content (AvgIpc) is 3.53. The first-order valence-corrected chi connectivity index (χ1v) is 10.4. The van der Waals surface area contributed by atoms with E-state index in [2.05, 4.69) is 15.3 Å². The molecule has 9 heteroatoms. The Hall–Kier alpha value is -3.43. The highest BCUT2D eigenvalue weighted by Crippen LogP contribution is 2.34. The molecule has 2 atom stereocenters. The highest BCUT2D eigenvalue weighted by molar-refractivity contribution is 6.04. The lowest BCUT2D eigenvalue weighted by atomic mass is 10.1. The molecule has 32 heavy (non-hydrogen) atoms. The van der Waals surface area contributed by atoms with Crippen LogP contribution in [0.25, 0.3) is 0 Å². The molecule has 0 radical (unpaired) electrons.